The zero-order valence-corrected chi connectivity index (χ0v) is 18.6. The maximum absolute atomic E-state index is 12.6. The van der Waals surface area contributed by atoms with Crippen molar-refractivity contribution >= 4 is 27.6 Å². The second-order valence-corrected chi connectivity index (χ2v) is 8.82. The summed E-state index contributed by atoms with van der Waals surface area (Å²) in [7, 11) is -3.88. The largest absolute Gasteiger partial charge is 0.468 e. The fourth-order valence-corrected chi connectivity index (χ4v) is 3.90. The van der Waals surface area contributed by atoms with Crippen LogP contribution in [-0.4, -0.2) is 26.9 Å². The zero-order valence-electron chi connectivity index (χ0n) is 17.8. The lowest BCUT2D eigenvalue weighted by Gasteiger charge is -2.11. The van der Waals surface area contributed by atoms with Crippen LogP contribution in [0.4, 0.5) is 5.69 Å². The first-order valence-electron chi connectivity index (χ1n) is 9.97. The smallest absolute Gasteiger partial charge is 0.338 e. The van der Waals surface area contributed by atoms with E-state index in [2.05, 4.69) is 10.0 Å². The molecule has 2 N–H and O–H groups in total. The van der Waals surface area contributed by atoms with Crippen LogP contribution in [0.1, 0.15) is 34.2 Å². The van der Waals surface area contributed by atoms with E-state index in [0.717, 1.165) is 12.0 Å². The first kappa shape index (κ1) is 23.2. The summed E-state index contributed by atoms with van der Waals surface area (Å²) >= 11 is 0. The molecule has 8 nitrogen and oxygen atoms in total. The highest BCUT2D eigenvalue weighted by molar-refractivity contribution is 7.89. The highest BCUT2D eigenvalue weighted by Crippen LogP contribution is 2.17. The van der Waals surface area contributed by atoms with Crippen LogP contribution in [0.15, 0.2) is 70.2 Å². The number of carbonyl (C=O) groups excluding carboxylic acids is 2. The molecule has 1 heterocycles. The van der Waals surface area contributed by atoms with E-state index in [4.69, 9.17) is 9.15 Å². The first-order valence-corrected chi connectivity index (χ1v) is 11.5. The summed E-state index contributed by atoms with van der Waals surface area (Å²) in [5.74, 6) is -0.832. The Labute approximate surface area is 186 Å². The van der Waals surface area contributed by atoms with Gasteiger partial charge in [-0.3, -0.25) is 4.79 Å². The molecule has 2 aromatic carbocycles. The summed E-state index contributed by atoms with van der Waals surface area (Å²) in [4.78, 5) is 24.5. The average Bonchev–Trinajstić information content (AvgIpc) is 3.31. The van der Waals surface area contributed by atoms with Gasteiger partial charge in [0.15, 0.2) is 6.61 Å². The van der Waals surface area contributed by atoms with Crippen molar-refractivity contribution in [3.8, 4) is 0 Å². The SMILES string of the molecule is CCc1ccc(NC(=O)COC(=O)c2cc(S(=O)(=O)NCc3ccco3)ccc2C)cc1. The summed E-state index contributed by atoms with van der Waals surface area (Å²) in [6, 6.07) is 14.8. The molecule has 0 radical (unpaired) electrons. The molecular formula is C23H24N2O6S. The normalized spacial score (nSPS) is 11.2. The monoisotopic (exact) mass is 456 g/mol. The molecule has 0 aliphatic heterocycles. The molecule has 0 bridgehead atoms. The number of amides is 1. The third-order valence-corrected chi connectivity index (χ3v) is 6.13. The van der Waals surface area contributed by atoms with Crippen LogP contribution in [0, 0.1) is 6.92 Å². The number of furan rings is 1. The molecule has 168 valence electrons. The van der Waals surface area contributed by atoms with Crippen LogP contribution in [0.3, 0.4) is 0 Å². The lowest BCUT2D eigenvalue weighted by molar-refractivity contribution is -0.119. The molecule has 0 saturated carbocycles. The number of benzene rings is 2. The molecule has 1 amide bonds. The summed E-state index contributed by atoms with van der Waals surface area (Å²) in [6.45, 7) is 3.16. The topological polar surface area (TPSA) is 115 Å². The second-order valence-electron chi connectivity index (χ2n) is 7.06. The molecular weight excluding hydrogens is 432 g/mol. The molecule has 3 rings (SSSR count). The number of ether oxygens (including phenoxy) is 1. The van der Waals surface area contributed by atoms with Gasteiger partial charge in [-0.25, -0.2) is 17.9 Å². The van der Waals surface area contributed by atoms with E-state index >= 15 is 0 Å². The van der Waals surface area contributed by atoms with Gasteiger partial charge < -0.3 is 14.5 Å². The van der Waals surface area contributed by atoms with Gasteiger partial charge in [-0.1, -0.05) is 25.1 Å². The molecule has 0 unspecified atom stereocenters. The number of sulfonamides is 1. The van der Waals surface area contributed by atoms with E-state index in [1.807, 2.05) is 19.1 Å². The Morgan fingerprint density at radius 1 is 1.06 bits per heavy atom. The molecule has 3 aromatic rings. The second kappa shape index (κ2) is 10.3. The van der Waals surface area contributed by atoms with Crippen molar-refractivity contribution in [3.05, 3.63) is 83.3 Å². The average molecular weight is 457 g/mol. The van der Waals surface area contributed by atoms with E-state index in [1.165, 1.54) is 24.5 Å². The van der Waals surface area contributed by atoms with E-state index in [9.17, 15) is 18.0 Å². The van der Waals surface area contributed by atoms with E-state index in [0.29, 0.717) is 17.0 Å². The lowest BCUT2D eigenvalue weighted by atomic mass is 10.1. The quantitative estimate of drug-likeness (QED) is 0.477. The Bertz CT molecular complexity index is 1190. The minimum Gasteiger partial charge on any atom is -0.468 e. The number of esters is 1. The van der Waals surface area contributed by atoms with Gasteiger partial charge in [-0.15, -0.1) is 0 Å². The van der Waals surface area contributed by atoms with Gasteiger partial charge in [0.05, 0.1) is 23.3 Å². The van der Waals surface area contributed by atoms with Crippen molar-refractivity contribution in [2.45, 2.75) is 31.7 Å². The standard InChI is InChI=1S/C23H24N2O6S/c1-3-17-7-9-18(10-8-17)25-22(26)15-31-23(27)21-13-20(11-6-16(21)2)32(28,29)24-14-19-5-4-12-30-19/h4-13,24H,3,14-15H2,1-2H3,(H,25,26). The molecule has 1 aromatic heterocycles. The van der Waals surface area contributed by atoms with Gasteiger partial charge in [0, 0.05) is 5.69 Å². The van der Waals surface area contributed by atoms with E-state index in [-0.39, 0.29) is 17.0 Å². The van der Waals surface area contributed by atoms with Crippen LogP contribution in [0.5, 0.6) is 0 Å². The van der Waals surface area contributed by atoms with Crippen molar-refractivity contribution < 1.29 is 27.2 Å². The summed E-state index contributed by atoms with van der Waals surface area (Å²) in [5, 5.41) is 2.65. The third kappa shape index (κ3) is 6.05. The molecule has 32 heavy (non-hydrogen) atoms. The van der Waals surface area contributed by atoms with E-state index < -0.39 is 28.5 Å². The number of nitrogens with one attached hydrogen (secondary N) is 2. The third-order valence-electron chi connectivity index (χ3n) is 4.74. The Hall–Kier alpha value is -3.43. The molecule has 0 spiro atoms. The maximum atomic E-state index is 12.6. The molecule has 0 saturated heterocycles. The van der Waals surface area contributed by atoms with Gasteiger partial charge in [0.1, 0.15) is 5.76 Å². The number of rotatable bonds is 9. The molecule has 9 heteroatoms. The molecule has 0 fully saturated rings. The lowest BCUT2D eigenvalue weighted by Crippen LogP contribution is -2.24. The maximum Gasteiger partial charge on any atom is 0.338 e. The number of hydrogen-bond donors (Lipinski definition) is 2. The van der Waals surface area contributed by atoms with Gasteiger partial charge in [0.2, 0.25) is 10.0 Å². The highest BCUT2D eigenvalue weighted by atomic mass is 32.2. The van der Waals surface area contributed by atoms with Crippen molar-refractivity contribution in [1.82, 2.24) is 4.72 Å². The predicted octanol–water partition coefficient (Wildman–Crippen LogP) is 3.42. The Balaban J connectivity index is 1.62. The molecule has 0 aliphatic carbocycles. The fraction of sp³-hybridized carbons (Fsp3) is 0.217. The van der Waals surface area contributed by atoms with Crippen LogP contribution >= 0.6 is 0 Å². The van der Waals surface area contributed by atoms with Gasteiger partial charge >= 0.3 is 5.97 Å². The summed E-state index contributed by atoms with van der Waals surface area (Å²) < 4.78 is 37.7. The fourth-order valence-electron chi connectivity index (χ4n) is 2.88. The highest BCUT2D eigenvalue weighted by Gasteiger charge is 2.20. The summed E-state index contributed by atoms with van der Waals surface area (Å²) in [6.07, 6.45) is 2.33. The number of aryl methyl sites for hydroxylation is 2. The number of hydrogen-bond acceptors (Lipinski definition) is 6. The predicted molar refractivity (Wildman–Crippen MR) is 119 cm³/mol. The van der Waals surface area contributed by atoms with Crippen molar-refractivity contribution in [2.24, 2.45) is 0 Å². The van der Waals surface area contributed by atoms with Crippen LogP contribution in [0.25, 0.3) is 0 Å². The van der Waals surface area contributed by atoms with Crippen LogP contribution in [-0.2, 0) is 32.5 Å². The van der Waals surface area contributed by atoms with Gasteiger partial charge in [-0.2, -0.15) is 0 Å². The van der Waals surface area contributed by atoms with Crippen molar-refractivity contribution in [2.75, 3.05) is 11.9 Å². The van der Waals surface area contributed by atoms with Crippen LogP contribution in [0.2, 0.25) is 0 Å². The summed E-state index contributed by atoms with van der Waals surface area (Å²) in [5.41, 5.74) is 2.31. The molecule has 0 atom stereocenters. The van der Waals surface area contributed by atoms with E-state index in [1.54, 1.807) is 31.2 Å². The first-order chi connectivity index (χ1) is 15.3. The minimum absolute atomic E-state index is 0.0254. The van der Waals surface area contributed by atoms with Crippen LogP contribution < -0.4 is 10.0 Å². The minimum atomic E-state index is -3.88. The Morgan fingerprint density at radius 3 is 2.47 bits per heavy atom. The zero-order chi connectivity index (χ0) is 23.1. The van der Waals surface area contributed by atoms with Crippen molar-refractivity contribution in [3.63, 3.8) is 0 Å². The van der Waals surface area contributed by atoms with Gasteiger partial charge in [-0.05, 0) is 60.9 Å². The number of carbonyl (C=O) groups is 2. The Kier molecular flexibility index (Phi) is 7.45. The molecule has 0 aliphatic rings. The van der Waals surface area contributed by atoms with Gasteiger partial charge in [0.25, 0.3) is 5.91 Å². The van der Waals surface area contributed by atoms with Crippen molar-refractivity contribution in [1.29, 1.82) is 0 Å². The number of anilines is 1. The Morgan fingerprint density at radius 2 is 1.81 bits per heavy atom.